The molecule has 1 aromatic carbocycles. The molecule has 0 saturated carbocycles. The summed E-state index contributed by atoms with van der Waals surface area (Å²) in [5.41, 5.74) is 2.19. The first-order valence-electron chi connectivity index (χ1n) is 8.13. The quantitative estimate of drug-likeness (QED) is 0.813. The Balaban J connectivity index is 1.60. The molecule has 1 aromatic heterocycles. The molecule has 1 N–H and O–H groups in total. The number of thioether (sulfide) groups is 1. The topological polar surface area (TPSA) is 69.0 Å². The van der Waals surface area contributed by atoms with Gasteiger partial charge in [-0.1, -0.05) is 23.9 Å². The minimum Gasteiger partial charge on any atom is -0.376 e. The summed E-state index contributed by atoms with van der Waals surface area (Å²) in [6.07, 6.45) is 2.26. The highest BCUT2D eigenvalue weighted by molar-refractivity contribution is 7.99. The van der Waals surface area contributed by atoms with Crippen molar-refractivity contribution in [1.82, 2.24) is 20.1 Å². The second-order valence-corrected chi connectivity index (χ2v) is 6.87. The van der Waals surface area contributed by atoms with Gasteiger partial charge in [0.15, 0.2) is 5.16 Å². The molecule has 24 heavy (non-hydrogen) atoms. The summed E-state index contributed by atoms with van der Waals surface area (Å²) in [5, 5.41) is 12.0. The van der Waals surface area contributed by atoms with Crippen LogP contribution in [0.5, 0.6) is 0 Å². The van der Waals surface area contributed by atoms with Crippen molar-refractivity contribution in [2.75, 3.05) is 18.9 Å². The van der Waals surface area contributed by atoms with Gasteiger partial charge in [-0.25, -0.2) is 0 Å². The Kier molecular flexibility index (Phi) is 5.52. The van der Waals surface area contributed by atoms with E-state index in [0.29, 0.717) is 12.3 Å². The third-order valence-corrected chi connectivity index (χ3v) is 4.87. The lowest BCUT2D eigenvalue weighted by atomic mass is 10.2. The van der Waals surface area contributed by atoms with Gasteiger partial charge in [0.1, 0.15) is 5.82 Å². The van der Waals surface area contributed by atoms with Crippen molar-refractivity contribution >= 4 is 17.7 Å². The number of benzene rings is 1. The number of rotatable bonds is 6. The van der Waals surface area contributed by atoms with Crippen LogP contribution in [0.2, 0.25) is 0 Å². The van der Waals surface area contributed by atoms with Gasteiger partial charge < -0.3 is 10.1 Å². The van der Waals surface area contributed by atoms with Gasteiger partial charge in [-0.15, -0.1) is 10.2 Å². The van der Waals surface area contributed by atoms with Crippen molar-refractivity contribution in [1.29, 1.82) is 0 Å². The van der Waals surface area contributed by atoms with Crippen molar-refractivity contribution in [2.45, 2.75) is 37.9 Å². The molecule has 1 fully saturated rings. The fourth-order valence-electron chi connectivity index (χ4n) is 2.71. The molecule has 0 bridgehead atoms. The summed E-state index contributed by atoms with van der Waals surface area (Å²) >= 11 is 1.40. The third-order valence-electron chi connectivity index (χ3n) is 3.94. The zero-order valence-electron chi connectivity index (χ0n) is 14.0. The van der Waals surface area contributed by atoms with Crippen molar-refractivity contribution in [3.05, 3.63) is 35.7 Å². The van der Waals surface area contributed by atoms with Crippen LogP contribution >= 0.6 is 11.8 Å². The number of carbonyl (C=O) groups is 1. The number of nitrogens with one attached hydrogen (secondary N) is 1. The minimum atomic E-state index is -0.00746. The number of carbonyl (C=O) groups excluding carboxylic acids is 1. The number of amides is 1. The van der Waals surface area contributed by atoms with Crippen LogP contribution in [0.25, 0.3) is 5.69 Å². The summed E-state index contributed by atoms with van der Waals surface area (Å²) < 4.78 is 7.49. The van der Waals surface area contributed by atoms with E-state index in [2.05, 4.69) is 34.6 Å². The van der Waals surface area contributed by atoms with Gasteiger partial charge in [0, 0.05) is 18.8 Å². The number of ether oxygens (including phenoxy) is 1. The molecule has 2 aromatic rings. The molecule has 1 aliphatic heterocycles. The van der Waals surface area contributed by atoms with Gasteiger partial charge in [-0.3, -0.25) is 9.36 Å². The Morgan fingerprint density at radius 3 is 3.04 bits per heavy atom. The first-order chi connectivity index (χ1) is 11.6. The molecule has 3 rings (SSSR count). The van der Waals surface area contributed by atoms with E-state index in [1.165, 1.54) is 17.3 Å². The highest BCUT2D eigenvalue weighted by Crippen LogP contribution is 2.22. The van der Waals surface area contributed by atoms with Gasteiger partial charge in [0.25, 0.3) is 0 Å². The maximum absolute atomic E-state index is 12.0. The molecule has 6 nitrogen and oxygen atoms in total. The number of hydrogen-bond acceptors (Lipinski definition) is 5. The van der Waals surface area contributed by atoms with Gasteiger partial charge >= 0.3 is 0 Å². The standard InChI is InChI=1S/C17H22N4O2S/c1-12-5-3-6-14(9-12)21-13(2)19-20-17(21)24-11-16(22)18-10-15-7-4-8-23-15/h3,5-6,9,15H,4,7-8,10-11H2,1-2H3,(H,18,22)/t15-/m1/s1. The number of aryl methyl sites for hydroxylation is 2. The number of nitrogens with zero attached hydrogens (tertiary/aromatic N) is 3. The van der Waals surface area contributed by atoms with Crippen LogP contribution in [0.4, 0.5) is 0 Å². The Bertz CT molecular complexity index is 710. The van der Waals surface area contributed by atoms with Crippen LogP contribution in [-0.4, -0.2) is 45.7 Å². The third kappa shape index (κ3) is 4.15. The van der Waals surface area contributed by atoms with E-state index in [0.717, 1.165) is 36.1 Å². The van der Waals surface area contributed by atoms with E-state index in [-0.39, 0.29) is 12.0 Å². The SMILES string of the molecule is Cc1cccc(-n2c(C)nnc2SCC(=O)NC[C@H]2CCCO2)c1. The molecule has 0 spiro atoms. The maximum Gasteiger partial charge on any atom is 0.230 e. The fraction of sp³-hybridized carbons (Fsp3) is 0.471. The molecule has 2 heterocycles. The van der Waals surface area contributed by atoms with Gasteiger partial charge in [-0.2, -0.15) is 0 Å². The Morgan fingerprint density at radius 2 is 2.29 bits per heavy atom. The summed E-state index contributed by atoms with van der Waals surface area (Å²) in [7, 11) is 0. The molecular weight excluding hydrogens is 324 g/mol. The zero-order valence-corrected chi connectivity index (χ0v) is 14.8. The molecule has 1 aliphatic rings. The molecule has 128 valence electrons. The number of aromatic nitrogens is 3. The average molecular weight is 346 g/mol. The zero-order chi connectivity index (χ0) is 16.9. The highest BCUT2D eigenvalue weighted by Gasteiger charge is 2.17. The van der Waals surface area contributed by atoms with Crippen LogP contribution in [0.1, 0.15) is 24.2 Å². The summed E-state index contributed by atoms with van der Waals surface area (Å²) in [4.78, 5) is 12.0. The van der Waals surface area contributed by atoms with E-state index in [1.54, 1.807) is 0 Å². The summed E-state index contributed by atoms with van der Waals surface area (Å²) in [6, 6.07) is 8.16. The first kappa shape index (κ1) is 17.0. The van der Waals surface area contributed by atoms with Crippen LogP contribution in [0.15, 0.2) is 29.4 Å². The molecule has 1 atom stereocenters. The smallest absolute Gasteiger partial charge is 0.230 e. The minimum absolute atomic E-state index is 0.00746. The molecule has 0 radical (unpaired) electrons. The van der Waals surface area contributed by atoms with E-state index in [4.69, 9.17) is 4.74 Å². The van der Waals surface area contributed by atoms with E-state index >= 15 is 0 Å². The normalized spacial score (nSPS) is 17.2. The van der Waals surface area contributed by atoms with Gasteiger partial charge in [0.05, 0.1) is 11.9 Å². The van der Waals surface area contributed by atoms with Crippen molar-refractivity contribution in [2.24, 2.45) is 0 Å². The molecule has 1 saturated heterocycles. The lowest BCUT2D eigenvalue weighted by Crippen LogP contribution is -2.32. The Hall–Kier alpha value is -1.86. The molecule has 7 heteroatoms. The lowest BCUT2D eigenvalue weighted by molar-refractivity contribution is -0.119. The Labute approximate surface area is 146 Å². The first-order valence-corrected chi connectivity index (χ1v) is 9.12. The van der Waals surface area contributed by atoms with E-state index in [9.17, 15) is 4.79 Å². The average Bonchev–Trinajstić information content (AvgIpc) is 3.20. The van der Waals surface area contributed by atoms with E-state index < -0.39 is 0 Å². The second kappa shape index (κ2) is 7.81. The van der Waals surface area contributed by atoms with Crippen LogP contribution < -0.4 is 5.32 Å². The van der Waals surface area contributed by atoms with Crippen molar-refractivity contribution in [3.8, 4) is 5.69 Å². The summed E-state index contributed by atoms with van der Waals surface area (Å²) in [5.74, 6) is 1.12. The molecule has 0 aliphatic carbocycles. The van der Waals surface area contributed by atoms with Gasteiger partial charge in [-0.05, 0) is 44.4 Å². The monoisotopic (exact) mass is 346 g/mol. The summed E-state index contributed by atoms with van der Waals surface area (Å²) in [6.45, 7) is 5.35. The number of hydrogen-bond donors (Lipinski definition) is 1. The molecule has 0 unspecified atom stereocenters. The van der Waals surface area contributed by atoms with Crippen LogP contribution in [0, 0.1) is 13.8 Å². The van der Waals surface area contributed by atoms with Crippen molar-refractivity contribution in [3.63, 3.8) is 0 Å². The van der Waals surface area contributed by atoms with E-state index in [1.807, 2.05) is 23.6 Å². The van der Waals surface area contributed by atoms with Crippen molar-refractivity contribution < 1.29 is 9.53 Å². The Morgan fingerprint density at radius 1 is 1.42 bits per heavy atom. The molecule has 1 amide bonds. The fourth-order valence-corrected chi connectivity index (χ4v) is 3.54. The van der Waals surface area contributed by atoms with Crippen LogP contribution in [0.3, 0.4) is 0 Å². The predicted molar refractivity (Wildman–Crippen MR) is 93.5 cm³/mol. The second-order valence-electron chi connectivity index (χ2n) is 5.93. The predicted octanol–water partition coefficient (Wildman–Crippen LogP) is 2.27. The largest absolute Gasteiger partial charge is 0.376 e. The highest BCUT2D eigenvalue weighted by atomic mass is 32.2. The van der Waals surface area contributed by atoms with Crippen LogP contribution in [-0.2, 0) is 9.53 Å². The maximum atomic E-state index is 12.0. The van der Waals surface area contributed by atoms with Gasteiger partial charge in [0.2, 0.25) is 5.91 Å². The lowest BCUT2D eigenvalue weighted by Gasteiger charge is -2.11. The molecular formula is C17H22N4O2S.